The van der Waals surface area contributed by atoms with Crippen LogP contribution in [0.15, 0.2) is 17.1 Å². The normalized spacial score (nSPS) is 19.3. The van der Waals surface area contributed by atoms with E-state index in [0.29, 0.717) is 45.1 Å². The zero-order chi connectivity index (χ0) is 13.6. The summed E-state index contributed by atoms with van der Waals surface area (Å²) in [5.74, 6) is -0.0210. The van der Waals surface area contributed by atoms with Crippen molar-refractivity contribution in [2.45, 2.75) is 19.8 Å². The van der Waals surface area contributed by atoms with Crippen LogP contribution in [0.3, 0.4) is 0 Å². The van der Waals surface area contributed by atoms with Crippen LogP contribution in [0.25, 0.3) is 0 Å². The summed E-state index contributed by atoms with van der Waals surface area (Å²) in [6, 6.07) is 0. The molecule has 1 aliphatic heterocycles. The van der Waals surface area contributed by atoms with Crippen LogP contribution in [0.2, 0.25) is 0 Å². The molecule has 0 radical (unpaired) electrons. The van der Waals surface area contributed by atoms with Gasteiger partial charge in [-0.1, -0.05) is 12.2 Å². The maximum Gasteiger partial charge on any atom is 0.225 e. The number of nitrogens with one attached hydrogen (secondary N) is 1. The summed E-state index contributed by atoms with van der Waals surface area (Å²) in [5.41, 5.74) is 11.5. The topological polar surface area (TPSA) is 103 Å². The molecule has 1 amide bonds. The SMILES string of the molecule is C=C(C)CNC(N)=NCC1(C(N)=O)CCOCC1. The van der Waals surface area contributed by atoms with Crippen molar-refractivity contribution in [3.8, 4) is 0 Å². The highest BCUT2D eigenvalue weighted by molar-refractivity contribution is 5.82. The smallest absolute Gasteiger partial charge is 0.225 e. The van der Waals surface area contributed by atoms with Gasteiger partial charge in [0.2, 0.25) is 5.91 Å². The van der Waals surface area contributed by atoms with Gasteiger partial charge in [-0.2, -0.15) is 0 Å². The second-order valence-electron chi connectivity index (χ2n) is 4.77. The number of amides is 1. The van der Waals surface area contributed by atoms with Gasteiger partial charge in [-0.25, -0.2) is 0 Å². The third-order valence-corrected chi connectivity index (χ3v) is 3.10. The largest absolute Gasteiger partial charge is 0.381 e. The average molecular weight is 254 g/mol. The number of aliphatic imine (C=N–C) groups is 1. The summed E-state index contributed by atoms with van der Waals surface area (Å²) in [4.78, 5) is 15.8. The first-order chi connectivity index (χ1) is 8.46. The molecule has 1 fully saturated rings. The number of carbonyl (C=O) groups excluding carboxylic acids is 1. The van der Waals surface area contributed by atoms with Crippen molar-refractivity contribution in [3.05, 3.63) is 12.2 Å². The third kappa shape index (κ3) is 4.03. The van der Waals surface area contributed by atoms with Crippen LogP contribution in [0.5, 0.6) is 0 Å². The van der Waals surface area contributed by atoms with E-state index < -0.39 is 5.41 Å². The first kappa shape index (κ1) is 14.5. The quantitative estimate of drug-likeness (QED) is 0.357. The van der Waals surface area contributed by atoms with Gasteiger partial charge < -0.3 is 21.5 Å². The molecule has 0 saturated carbocycles. The third-order valence-electron chi connectivity index (χ3n) is 3.10. The Morgan fingerprint density at radius 3 is 2.56 bits per heavy atom. The molecule has 1 aliphatic rings. The van der Waals surface area contributed by atoms with Crippen LogP contribution in [-0.2, 0) is 9.53 Å². The molecule has 102 valence electrons. The van der Waals surface area contributed by atoms with Gasteiger partial charge in [-0.15, -0.1) is 0 Å². The van der Waals surface area contributed by atoms with E-state index in [1.807, 2.05) is 6.92 Å². The fourth-order valence-corrected chi connectivity index (χ4v) is 1.78. The van der Waals surface area contributed by atoms with Gasteiger partial charge in [0.05, 0.1) is 12.0 Å². The number of primary amides is 1. The lowest BCUT2D eigenvalue weighted by Crippen LogP contribution is -2.45. The highest BCUT2D eigenvalue weighted by Crippen LogP contribution is 2.30. The Hall–Kier alpha value is -1.56. The minimum atomic E-state index is -0.617. The fraction of sp³-hybridized carbons (Fsp3) is 0.667. The number of ether oxygens (including phenoxy) is 1. The second-order valence-corrected chi connectivity index (χ2v) is 4.77. The highest BCUT2D eigenvalue weighted by atomic mass is 16.5. The van der Waals surface area contributed by atoms with E-state index in [-0.39, 0.29) is 5.91 Å². The van der Waals surface area contributed by atoms with Gasteiger partial charge >= 0.3 is 0 Å². The number of carbonyl (C=O) groups is 1. The van der Waals surface area contributed by atoms with Crippen LogP contribution in [0, 0.1) is 5.41 Å². The molecule has 0 aliphatic carbocycles. The van der Waals surface area contributed by atoms with Gasteiger partial charge in [-0.05, 0) is 19.8 Å². The van der Waals surface area contributed by atoms with Crippen LogP contribution in [-0.4, -0.2) is 38.2 Å². The lowest BCUT2D eigenvalue weighted by atomic mass is 9.79. The summed E-state index contributed by atoms with van der Waals surface area (Å²) in [5, 5.41) is 2.92. The van der Waals surface area contributed by atoms with Crippen molar-refractivity contribution in [1.29, 1.82) is 0 Å². The molecule has 5 N–H and O–H groups in total. The summed E-state index contributed by atoms with van der Waals surface area (Å²) in [6.07, 6.45) is 1.19. The van der Waals surface area contributed by atoms with E-state index in [9.17, 15) is 4.79 Å². The Bertz CT molecular complexity index is 346. The van der Waals surface area contributed by atoms with E-state index in [2.05, 4.69) is 16.9 Å². The van der Waals surface area contributed by atoms with Crippen molar-refractivity contribution in [1.82, 2.24) is 5.32 Å². The Balaban J connectivity index is 2.58. The zero-order valence-corrected chi connectivity index (χ0v) is 10.9. The van der Waals surface area contributed by atoms with Gasteiger partial charge in [0, 0.05) is 19.8 Å². The monoisotopic (exact) mass is 254 g/mol. The number of hydrogen-bond donors (Lipinski definition) is 3. The van der Waals surface area contributed by atoms with E-state index in [4.69, 9.17) is 16.2 Å². The summed E-state index contributed by atoms with van der Waals surface area (Å²) in [6.45, 7) is 7.60. The molecule has 0 atom stereocenters. The van der Waals surface area contributed by atoms with Crippen molar-refractivity contribution in [2.75, 3.05) is 26.3 Å². The molecule has 0 aromatic heterocycles. The summed E-state index contributed by atoms with van der Waals surface area (Å²) < 4.78 is 5.25. The highest BCUT2D eigenvalue weighted by Gasteiger charge is 2.38. The van der Waals surface area contributed by atoms with E-state index in [0.717, 1.165) is 5.57 Å². The second kappa shape index (κ2) is 6.39. The molecule has 6 nitrogen and oxygen atoms in total. The molecule has 18 heavy (non-hydrogen) atoms. The zero-order valence-electron chi connectivity index (χ0n) is 10.9. The number of rotatable bonds is 5. The van der Waals surface area contributed by atoms with Crippen LogP contribution < -0.4 is 16.8 Å². The number of guanidine groups is 1. The van der Waals surface area contributed by atoms with Gasteiger partial charge in [0.1, 0.15) is 0 Å². The summed E-state index contributed by atoms with van der Waals surface area (Å²) >= 11 is 0. The lowest BCUT2D eigenvalue weighted by Gasteiger charge is -2.32. The minimum Gasteiger partial charge on any atom is -0.381 e. The Morgan fingerprint density at radius 1 is 1.44 bits per heavy atom. The average Bonchev–Trinajstić information content (AvgIpc) is 2.34. The Morgan fingerprint density at radius 2 is 2.06 bits per heavy atom. The Kier molecular flexibility index (Phi) is 5.15. The molecule has 1 rings (SSSR count). The first-order valence-electron chi connectivity index (χ1n) is 6.02. The van der Waals surface area contributed by atoms with Crippen LogP contribution in [0.1, 0.15) is 19.8 Å². The molecule has 1 heterocycles. The number of hydrogen-bond acceptors (Lipinski definition) is 3. The van der Waals surface area contributed by atoms with Gasteiger partial charge in [-0.3, -0.25) is 9.79 Å². The molecule has 0 aromatic rings. The molecule has 0 unspecified atom stereocenters. The van der Waals surface area contributed by atoms with Crippen molar-refractivity contribution < 1.29 is 9.53 Å². The van der Waals surface area contributed by atoms with Crippen LogP contribution >= 0.6 is 0 Å². The Labute approximate surface area is 107 Å². The molecular weight excluding hydrogens is 232 g/mol. The van der Waals surface area contributed by atoms with Gasteiger partial charge in [0.25, 0.3) is 0 Å². The van der Waals surface area contributed by atoms with Crippen LogP contribution in [0.4, 0.5) is 0 Å². The lowest BCUT2D eigenvalue weighted by molar-refractivity contribution is -0.132. The standard InChI is InChI=1S/C12H22N4O2/c1-9(2)7-15-11(14)16-8-12(10(13)17)3-5-18-6-4-12/h1,3-8H2,2H3,(H2,13,17)(H3,14,15,16). The summed E-state index contributed by atoms with van der Waals surface area (Å²) in [7, 11) is 0. The molecule has 0 aromatic carbocycles. The van der Waals surface area contributed by atoms with Crippen molar-refractivity contribution >= 4 is 11.9 Å². The molecular formula is C12H22N4O2. The number of nitrogens with two attached hydrogens (primary N) is 2. The molecule has 0 spiro atoms. The van der Waals surface area contributed by atoms with E-state index in [1.54, 1.807) is 0 Å². The molecule has 1 saturated heterocycles. The number of nitrogens with zero attached hydrogens (tertiary/aromatic N) is 1. The minimum absolute atomic E-state index is 0.306. The van der Waals surface area contributed by atoms with Crippen molar-refractivity contribution in [2.24, 2.45) is 21.9 Å². The molecule has 0 bridgehead atoms. The predicted molar refractivity (Wildman–Crippen MR) is 71.0 cm³/mol. The maximum absolute atomic E-state index is 11.6. The van der Waals surface area contributed by atoms with Gasteiger partial charge in [0.15, 0.2) is 5.96 Å². The van der Waals surface area contributed by atoms with E-state index in [1.165, 1.54) is 0 Å². The molecule has 6 heteroatoms. The van der Waals surface area contributed by atoms with Crippen molar-refractivity contribution in [3.63, 3.8) is 0 Å². The predicted octanol–water partition coefficient (Wildman–Crippen LogP) is -0.251. The van der Waals surface area contributed by atoms with E-state index >= 15 is 0 Å². The fourth-order valence-electron chi connectivity index (χ4n) is 1.78. The first-order valence-corrected chi connectivity index (χ1v) is 6.02. The maximum atomic E-state index is 11.6.